The molecule has 4 heteroatoms. The largest absolute Gasteiger partial charge is 0.147 e. The minimum atomic E-state index is -4.61. The Morgan fingerprint density at radius 1 is 0.500 bits per heavy atom. The second-order valence-electron chi connectivity index (χ2n) is 15.9. The van der Waals surface area contributed by atoms with E-state index in [9.17, 15) is 0 Å². The third-order valence-corrected chi connectivity index (χ3v) is 39.9. The van der Waals surface area contributed by atoms with Crippen molar-refractivity contribution in [2.75, 3.05) is 0 Å². The quantitative estimate of drug-likeness (QED) is 0.156. The Balaban J connectivity index is 0.00000260. The van der Waals surface area contributed by atoms with Gasteiger partial charge >= 0.3 is 284 Å². The zero-order valence-electron chi connectivity index (χ0n) is 30.7. The topological polar surface area (TPSA) is 0 Å². The third kappa shape index (κ3) is 5.86. The first-order valence-electron chi connectivity index (χ1n) is 17.6. The number of halogens is 2. The molecule has 0 N–H and O–H groups in total. The van der Waals surface area contributed by atoms with Gasteiger partial charge in [0.1, 0.15) is 0 Å². The number of hydrogen-bond acceptors (Lipinski definition) is 0. The van der Waals surface area contributed by atoms with Gasteiger partial charge in [-0.1, -0.05) is 0 Å². The maximum absolute atomic E-state index is 4.61. The summed E-state index contributed by atoms with van der Waals surface area (Å²) in [5, 5.41) is 0. The van der Waals surface area contributed by atoms with Crippen LogP contribution in [0.5, 0.6) is 0 Å². The van der Waals surface area contributed by atoms with Crippen LogP contribution in [0.4, 0.5) is 0 Å². The molecule has 0 aliphatic heterocycles. The van der Waals surface area contributed by atoms with Crippen LogP contribution in [0.15, 0.2) is 96.1 Å². The molecule has 2 atom stereocenters. The van der Waals surface area contributed by atoms with Gasteiger partial charge in [-0.15, -0.1) is 24.8 Å². The van der Waals surface area contributed by atoms with E-state index in [1.54, 1.807) is 28.8 Å². The fraction of sp³-hybridized carbons (Fsp3) is 0.364. The van der Waals surface area contributed by atoms with Crippen molar-refractivity contribution in [1.82, 2.24) is 0 Å². The third-order valence-electron chi connectivity index (χ3n) is 11.6. The average molecular weight is 775 g/mol. The second kappa shape index (κ2) is 14.3. The van der Waals surface area contributed by atoms with Gasteiger partial charge in [0.2, 0.25) is 0 Å². The van der Waals surface area contributed by atoms with Gasteiger partial charge < -0.3 is 0 Å². The summed E-state index contributed by atoms with van der Waals surface area (Å²) >= 11 is -4.61. The summed E-state index contributed by atoms with van der Waals surface area (Å²) < 4.78 is 3.93. The van der Waals surface area contributed by atoms with E-state index in [1.165, 1.54) is 33.4 Å². The van der Waals surface area contributed by atoms with Crippen molar-refractivity contribution in [1.29, 1.82) is 0 Å². The van der Waals surface area contributed by atoms with Gasteiger partial charge in [0.25, 0.3) is 0 Å². The molecule has 0 nitrogen and oxygen atoms in total. The second-order valence-corrected chi connectivity index (χ2v) is 38.6. The molecular weight excluding hydrogens is 719 g/mol. The number of hydrogen-bond donors (Lipinski definition) is 0. The van der Waals surface area contributed by atoms with Gasteiger partial charge in [0.15, 0.2) is 0 Å². The van der Waals surface area contributed by atoms with Crippen molar-refractivity contribution < 1.29 is 17.4 Å². The fourth-order valence-electron chi connectivity index (χ4n) is 9.41. The molecule has 0 saturated heterocycles. The molecule has 0 saturated carbocycles. The van der Waals surface area contributed by atoms with Gasteiger partial charge in [-0.2, -0.15) is 0 Å². The minimum Gasteiger partial charge on any atom is -0.147 e. The Kier molecular flexibility index (Phi) is 11.6. The molecule has 6 rings (SSSR count). The Hall–Kier alpha value is -1.96. The van der Waals surface area contributed by atoms with Crippen molar-refractivity contribution in [3.63, 3.8) is 0 Å². The minimum absolute atomic E-state index is 0. The van der Waals surface area contributed by atoms with Gasteiger partial charge in [-0.3, -0.25) is 0 Å². The van der Waals surface area contributed by atoms with Crippen LogP contribution in [-0.2, 0) is 17.4 Å². The summed E-state index contributed by atoms with van der Waals surface area (Å²) in [6.07, 6.45) is 5.21. The van der Waals surface area contributed by atoms with E-state index in [-0.39, 0.29) is 24.8 Å². The monoisotopic (exact) mass is 772 g/mol. The molecule has 2 aliphatic carbocycles. The van der Waals surface area contributed by atoms with Crippen LogP contribution < -0.4 is 6.54 Å². The van der Waals surface area contributed by atoms with E-state index in [4.69, 9.17) is 0 Å². The van der Waals surface area contributed by atoms with Crippen LogP contribution in [0.1, 0.15) is 145 Å². The molecule has 0 fully saturated rings. The van der Waals surface area contributed by atoms with Gasteiger partial charge in [0.05, 0.1) is 0 Å². The van der Waals surface area contributed by atoms with Crippen LogP contribution in [0.3, 0.4) is 0 Å². The predicted octanol–water partition coefficient (Wildman–Crippen LogP) is 11.5. The normalized spacial score (nSPS) is 17.2. The Morgan fingerprint density at radius 2 is 0.833 bits per heavy atom. The summed E-state index contributed by atoms with van der Waals surface area (Å²) in [5.74, 6) is 1.90. The molecular formula is C44H56Cl2SiZr. The van der Waals surface area contributed by atoms with Gasteiger partial charge in [-0.05, 0) is 0 Å². The van der Waals surface area contributed by atoms with Crippen molar-refractivity contribution in [2.45, 2.75) is 100 Å². The summed E-state index contributed by atoms with van der Waals surface area (Å²) in [6, 6.07) is 34.1. The Labute approximate surface area is 306 Å². The van der Waals surface area contributed by atoms with Crippen molar-refractivity contribution in [3.05, 3.63) is 141 Å². The van der Waals surface area contributed by atoms with E-state index in [1.807, 2.05) is 0 Å². The van der Waals surface area contributed by atoms with E-state index in [2.05, 4.69) is 173 Å². The van der Waals surface area contributed by atoms with Crippen LogP contribution in [0.2, 0.25) is 0 Å². The fourth-order valence-corrected chi connectivity index (χ4v) is 38.5. The average Bonchev–Trinajstić information content (AvgIpc) is 3.56. The molecule has 0 radical (unpaired) electrons. The zero-order chi connectivity index (χ0) is 33.2. The van der Waals surface area contributed by atoms with E-state index >= 15 is 0 Å². The Morgan fingerprint density at radius 3 is 1.12 bits per heavy atom. The van der Waals surface area contributed by atoms with Crippen LogP contribution in [0.25, 0.3) is 12.2 Å². The van der Waals surface area contributed by atoms with Crippen molar-refractivity contribution in [3.8, 4) is 0 Å². The molecule has 0 aromatic heterocycles. The molecule has 0 amide bonds. The molecule has 2 aliphatic rings. The number of rotatable bonds is 8. The molecule has 0 heterocycles. The van der Waals surface area contributed by atoms with Crippen LogP contribution >= 0.6 is 24.8 Å². The zero-order valence-corrected chi connectivity index (χ0v) is 36.2. The number of fused-ring (bicyclic) bond motifs is 2. The molecule has 4 aromatic rings. The molecule has 0 bridgehead atoms. The van der Waals surface area contributed by atoms with E-state index in [0.717, 1.165) is 0 Å². The number of benzene rings is 4. The van der Waals surface area contributed by atoms with Crippen molar-refractivity contribution in [2.24, 2.45) is 0 Å². The summed E-state index contributed by atoms with van der Waals surface area (Å²) in [7, 11) is 0. The van der Waals surface area contributed by atoms with Crippen LogP contribution in [-0.4, -0.2) is 6.88 Å². The molecule has 0 spiro atoms. The van der Waals surface area contributed by atoms with Gasteiger partial charge in [0, 0.05) is 0 Å². The molecule has 2 unspecified atom stereocenters. The van der Waals surface area contributed by atoms with Crippen LogP contribution in [0, 0.1) is 0 Å². The first-order valence-corrected chi connectivity index (χ1v) is 28.9. The summed E-state index contributed by atoms with van der Waals surface area (Å²) in [5.41, 5.74) is 15.3. The molecule has 48 heavy (non-hydrogen) atoms. The first kappa shape index (κ1) is 38.8. The number of allylic oxidation sites excluding steroid dienone is 2. The smallest absolute Gasteiger partial charge is 0.147 e. The van der Waals surface area contributed by atoms with E-state index in [0.29, 0.717) is 30.9 Å². The maximum Gasteiger partial charge on any atom is -0.147 e. The SMILES string of the molecule is CC1=Cc2c(C(C)C)cc(C(C)C)cc2[CH]1[Zr](=[SiH2])([c]1ccccc1)([c]1ccccc1)[CH]1C(C)=Cc2c(C(C)C)cc(C(C)C)cc21.Cl.Cl. The summed E-state index contributed by atoms with van der Waals surface area (Å²) in [4.78, 5) is 0. The molecule has 4 aromatic carbocycles. The van der Waals surface area contributed by atoms with Gasteiger partial charge in [-0.25, -0.2) is 0 Å². The standard InChI is InChI=1S/2C16H21.2C6H5.2ClH.H2Si.Zr/c2*1-10(2)13-8-14-6-12(5)7-16(14)15(9-13)11(3)4;2*1-2-4-6-5-3-1;;;;/h2*6-11H,1-5H3;2*1-5H;2*1H;1H2;. The predicted molar refractivity (Wildman–Crippen MR) is 217 cm³/mol. The van der Waals surface area contributed by atoms with Crippen molar-refractivity contribution >= 4 is 50.4 Å². The maximum atomic E-state index is 2.63. The van der Waals surface area contributed by atoms with E-state index < -0.39 is 17.4 Å². The first-order chi connectivity index (χ1) is 21.8. The summed E-state index contributed by atoms with van der Waals surface area (Å²) in [6.45, 7) is 26.4. The Bertz CT molecular complexity index is 1790. The molecule has 254 valence electrons.